The third kappa shape index (κ3) is 4.02. The topological polar surface area (TPSA) is 57.9 Å². The second-order valence-corrected chi connectivity index (χ2v) is 6.69. The van der Waals surface area contributed by atoms with E-state index in [4.69, 9.17) is 4.74 Å². The number of ether oxygens (including phenoxy) is 1. The quantitative estimate of drug-likeness (QED) is 0.705. The van der Waals surface area contributed by atoms with Gasteiger partial charge in [-0.05, 0) is 30.0 Å². The van der Waals surface area contributed by atoms with Gasteiger partial charge in [-0.3, -0.25) is 9.89 Å². The summed E-state index contributed by atoms with van der Waals surface area (Å²) in [6, 6.07) is 16.2. The number of H-pyrrole nitrogens is 2. The summed E-state index contributed by atoms with van der Waals surface area (Å²) in [6.07, 6.45) is 0.552. The first kappa shape index (κ1) is 17.1. The molecule has 0 fully saturated rings. The molecular weight excluding hydrogens is 312 g/mol. The number of hydrogen-bond acceptors (Lipinski definition) is 2. The van der Waals surface area contributed by atoms with Crippen molar-refractivity contribution in [1.29, 1.82) is 0 Å². The van der Waals surface area contributed by atoms with E-state index in [1.54, 1.807) is 0 Å². The number of hydrogen-bond donors (Lipinski definition) is 2. The monoisotopic (exact) mass is 336 g/mol. The third-order valence-corrected chi connectivity index (χ3v) is 4.30. The average Bonchev–Trinajstić information content (AvgIpc) is 2.95. The van der Waals surface area contributed by atoms with Gasteiger partial charge >= 0.3 is 0 Å². The smallest absolute Gasteiger partial charge is 0.267 e. The van der Waals surface area contributed by atoms with Crippen molar-refractivity contribution >= 4 is 0 Å². The molecule has 130 valence electrons. The van der Waals surface area contributed by atoms with Crippen LogP contribution < -0.4 is 10.3 Å². The normalized spacial score (nSPS) is 11.0. The summed E-state index contributed by atoms with van der Waals surface area (Å²) in [5.74, 6) is 1.08. The Morgan fingerprint density at radius 2 is 1.84 bits per heavy atom. The van der Waals surface area contributed by atoms with Crippen molar-refractivity contribution in [2.45, 2.75) is 39.7 Å². The molecule has 4 nitrogen and oxygen atoms in total. The lowest BCUT2D eigenvalue weighted by Gasteiger charge is -2.12. The average molecular weight is 336 g/mol. The standard InChI is InChI=1S/C21H24N2O2/c1-14(2)20-18(21(24)23-22-20)12-17-9-4-5-10-19(17)25-13-16-8-6-7-15(3)11-16/h4-11,14H,12-13H2,1-3H3,(H2,22,23,24). The minimum Gasteiger partial charge on any atom is -0.489 e. The molecular formula is C21H24N2O2. The summed E-state index contributed by atoms with van der Waals surface area (Å²) >= 11 is 0. The molecule has 0 aliphatic rings. The highest BCUT2D eigenvalue weighted by atomic mass is 16.5. The van der Waals surface area contributed by atoms with E-state index in [1.165, 1.54) is 5.56 Å². The molecule has 0 aliphatic carbocycles. The molecule has 0 amide bonds. The van der Waals surface area contributed by atoms with Crippen molar-refractivity contribution in [1.82, 2.24) is 10.2 Å². The highest BCUT2D eigenvalue weighted by Crippen LogP contribution is 2.24. The SMILES string of the molecule is Cc1cccc(COc2ccccc2Cc2c(C(C)C)[nH][nH]c2=O)c1. The first-order valence-corrected chi connectivity index (χ1v) is 8.60. The number of aromatic amines is 2. The highest BCUT2D eigenvalue weighted by molar-refractivity contribution is 5.38. The molecule has 0 bridgehead atoms. The van der Waals surface area contributed by atoms with Gasteiger partial charge in [-0.15, -0.1) is 0 Å². The summed E-state index contributed by atoms with van der Waals surface area (Å²) in [6.45, 7) is 6.73. The lowest BCUT2D eigenvalue weighted by Crippen LogP contribution is -2.09. The van der Waals surface area contributed by atoms with E-state index in [0.29, 0.717) is 13.0 Å². The fraction of sp³-hybridized carbons (Fsp3) is 0.286. The molecule has 2 aromatic carbocycles. The zero-order valence-electron chi connectivity index (χ0n) is 14.9. The lowest BCUT2D eigenvalue weighted by atomic mass is 9.99. The third-order valence-electron chi connectivity index (χ3n) is 4.30. The van der Waals surface area contributed by atoms with Gasteiger partial charge in [0.15, 0.2) is 0 Å². The van der Waals surface area contributed by atoms with E-state index in [0.717, 1.165) is 28.1 Å². The molecule has 3 rings (SSSR count). The maximum Gasteiger partial charge on any atom is 0.267 e. The maximum absolute atomic E-state index is 12.1. The van der Waals surface area contributed by atoms with Crippen LogP contribution in [0.15, 0.2) is 53.3 Å². The number of aryl methyl sites for hydroxylation is 1. The first-order chi connectivity index (χ1) is 12.0. The minimum atomic E-state index is -0.0582. The molecule has 0 saturated carbocycles. The van der Waals surface area contributed by atoms with Gasteiger partial charge in [-0.1, -0.05) is 61.9 Å². The van der Waals surface area contributed by atoms with Crippen molar-refractivity contribution in [3.05, 3.63) is 86.8 Å². The number of para-hydroxylation sites is 1. The maximum atomic E-state index is 12.1. The van der Waals surface area contributed by atoms with E-state index in [1.807, 2.05) is 30.3 Å². The number of nitrogens with one attached hydrogen (secondary N) is 2. The minimum absolute atomic E-state index is 0.0582. The Balaban J connectivity index is 1.82. The van der Waals surface area contributed by atoms with Gasteiger partial charge < -0.3 is 9.84 Å². The fourth-order valence-electron chi connectivity index (χ4n) is 3.01. The summed E-state index contributed by atoms with van der Waals surface area (Å²) < 4.78 is 6.04. The Morgan fingerprint density at radius 3 is 2.60 bits per heavy atom. The molecule has 0 radical (unpaired) electrons. The zero-order chi connectivity index (χ0) is 17.8. The zero-order valence-corrected chi connectivity index (χ0v) is 14.9. The molecule has 3 aromatic rings. The van der Waals surface area contributed by atoms with Gasteiger partial charge in [0.1, 0.15) is 12.4 Å². The van der Waals surface area contributed by atoms with E-state index in [2.05, 4.69) is 49.2 Å². The van der Waals surface area contributed by atoms with Gasteiger partial charge in [-0.25, -0.2) is 0 Å². The summed E-state index contributed by atoms with van der Waals surface area (Å²) in [4.78, 5) is 12.1. The van der Waals surface area contributed by atoms with E-state index >= 15 is 0 Å². The van der Waals surface area contributed by atoms with E-state index in [-0.39, 0.29) is 11.5 Å². The van der Waals surface area contributed by atoms with Crippen LogP contribution in [0.25, 0.3) is 0 Å². The first-order valence-electron chi connectivity index (χ1n) is 8.60. The van der Waals surface area contributed by atoms with Crippen LogP contribution in [0.1, 0.15) is 47.7 Å². The van der Waals surface area contributed by atoms with Crippen molar-refractivity contribution in [3.63, 3.8) is 0 Å². The highest BCUT2D eigenvalue weighted by Gasteiger charge is 2.15. The van der Waals surface area contributed by atoms with Crippen LogP contribution in [0.3, 0.4) is 0 Å². The molecule has 25 heavy (non-hydrogen) atoms. The number of aromatic nitrogens is 2. The van der Waals surface area contributed by atoms with Gasteiger partial charge in [0, 0.05) is 17.7 Å². The van der Waals surface area contributed by atoms with Gasteiger partial charge in [0.2, 0.25) is 0 Å². The second kappa shape index (κ2) is 7.43. The largest absolute Gasteiger partial charge is 0.489 e. The lowest BCUT2D eigenvalue weighted by molar-refractivity contribution is 0.303. The van der Waals surface area contributed by atoms with E-state index in [9.17, 15) is 4.79 Å². The molecule has 1 heterocycles. The Hall–Kier alpha value is -2.75. The molecule has 4 heteroatoms. The van der Waals surface area contributed by atoms with Crippen LogP contribution >= 0.6 is 0 Å². The Morgan fingerprint density at radius 1 is 1.04 bits per heavy atom. The summed E-state index contributed by atoms with van der Waals surface area (Å²) in [5, 5.41) is 5.70. The predicted molar refractivity (Wildman–Crippen MR) is 100 cm³/mol. The van der Waals surface area contributed by atoms with Crippen LogP contribution in [0.2, 0.25) is 0 Å². The summed E-state index contributed by atoms with van der Waals surface area (Å²) in [5.41, 5.74) is 5.05. The number of rotatable bonds is 6. The van der Waals surface area contributed by atoms with E-state index < -0.39 is 0 Å². The van der Waals surface area contributed by atoms with Crippen molar-refractivity contribution in [2.24, 2.45) is 0 Å². The molecule has 0 spiro atoms. The Kier molecular flexibility index (Phi) is 5.08. The second-order valence-electron chi connectivity index (χ2n) is 6.69. The predicted octanol–water partition coefficient (Wildman–Crippen LogP) is 4.30. The van der Waals surface area contributed by atoms with Crippen molar-refractivity contribution < 1.29 is 4.74 Å². The Labute approximate surface area is 147 Å². The fourth-order valence-corrected chi connectivity index (χ4v) is 3.01. The van der Waals surface area contributed by atoms with Crippen molar-refractivity contribution in [3.8, 4) is 5.75 Å². The van der Waals surface area contributed by atoms with Crippen LogP contribution in [-0.2, 0) is 13.0 Å². The van der Waals surface area contributed by atoms with Crippen molar-refractivity contribution in [2.75, 3.05) is 0 Å². The van der Waals surface area contributed by atoms with Crippen LogP contribution in [0, 0.1) is 6.92 Å². The molecule has 0 aliphatic heterocycles. The van der Waals surface area contributed by atoms with Gasteiger partial charge in [0.25, 0.3) is 5.56 Å². The van der Waals surface area contributed by atoms with Crippen LogP contribution in [0.4, 0.5) is 0 Å². The summed E-state index contributed by atoms with van der Waals surface area (Å²) in [7, 11) is 0. The molecule has 1 aromatic heterocycles. The van der Waals surface area contributed by atoms with Gasteiger partial charge in [0.05, 0.1) is 0 Å². The molecule has 0 saturated heterocycles. The van der Waals surface area contributed by atoms with Crippen LogP contribution in [-0.4, -0.2) is 10.2 Å². The van der Waals surface area contributed by atoms with Crippen LogP contribution in [0.5, 0.6) is 5.75 Å². The molecule has 0 atom stereocenters. The van der Waals surface area contributed by atoms with Gasteiger partial charge in [-0.2, -0.15) is 0 Å². The molecule has 2 N–H and O–H groups in total. The molecule has 0 unspecified atom stereocenters. The number of benzene rings is 2. The Bertz CT molecular complexity index is 906.